The van der Waals surface area contributed by atoms with E-state index in [0.29, 0.717) is 6.42 Å². The zero-order valence-corrected chi connectivity index (χ0v) is 11.0. The minimum absolute atomic E-state index is 0.470. The molecule has 14 heavy (non-hydrogen) atoms. The molecule has 1 nitrogen and oxygen atoms in total. The molecule has 70 valence electrons. The zero-order valence-electron chi connectivity index (χ0n) is 7.05. The van der Waals surface area contributed by atoms with Gasteiger partial charge in [-0.2, -0.15) is 5.26 Å². The van der Waals surface area contributed by atoms with Crippen LogP contribution in [0.3, 0.4) is 0 Å². The van der Waals surface area contributed by atoms with Crippen LogP contribution >= 0.6 is 43.2 Å². The lowest BCUT2D eigenvalue weighted by Crippen LogP contribution is -1.73. The predicted octanol–water partition coefficient (Wildman–Crippen LogP) is 4.49. The van der Waals surface area contributed by atoms with E-state index in [9.17, 15) is 0 Å². The van der Waals surface area contributed by atoms with Crippen molar-refractivity contribution in [1.29, 1.82) is 5.26 Å². The molecule has 0 N–H and O–H groups in total. The third-order valence-corrected chi connectivity index (χ3v) is 4.73. The molecule has 2 aromatic rings. The molecule has 2 rings (SSSR count). The first-order chi connectivity index (χ1) is 6.72. The number of thiophene rings is 1. The number of hydrogen-bond acceptors (Lipinski definition) is 2. The monoisotopic (exact) mass is 329 g/mol. The van der Waals surface area contributed by atoms with Crippen molar-refractivity contribution in [2.45, 2.75) is 6.42 Å². The molecule has 0 spiro atoms. The Labute approximate surface area is 103 Å². The summed E-state index contributed by atoms with van der Waals surface area (Å²) >= 11 is 8.63. The smallest absolute Gasteiger partial charge is 0.0707 e. The molecule has 0 aliphatic rings. The van der Waals surface area contributed by atoms with E-state index in [1.165, 1.54) is 10.1 Å². The van der Waals surface area contributed by atoms with Gasteiger partial charge in [0, 0.05) is 23.9 Å². The maximum atomic E-state index is 8.65. The topological polar surface area (TPSA) is 23.8 Å². The van der Waals surface area contributed by atoms with Crippen LogP contribution in [0.5, 0.6) is 0 Å². The molecule has 0 bridgehead atoms. The van der Waals surface area contributed by atoms with Crippen LogP contribution in [-0.4, -0.2) is 0 Å². The van der Waals surface area contributed by atoms with Crippen molar-refractivity contribution in [3.63, 3.8) is 0 Å². The van der Waals surface area contributed by atoms with Crippen molar-refractivity contribution in [1.82, 2.24) is 0 Å². The fraction of sp³-hybridized carbons (Fsp3) is 0.100. The molecule has 0 saturated carbocycles. The number of hydrogen-bond donors (Lipinski definition) is 0. The van der Waals surface area contributed by atoms with Crippen molar-refractivity contribution in [2.24, 2.45) is 0 Å². The van der Waals surface area contributed by atoms with E-state index in [2.05, 4.69) is 50.1 Å². The Morgan fingerprint density at radius 3 is 2.86 bits per heavy atom. The highest BCUT2D eigenvalue weighted by Crippen LogP contribution is 2.37. The standard InChI is InChI=1S/C10H5Br2NS/c11-6-1-2-8-7(5-6)10(12)9(14-8)3-4-13/h1-2,5H,3H2. The van der Waals surface area contributed by atoms with Crippen molar-refractivity contribution in [3.05, 3.63) is 32.0 Å². The number of halogens is 2. The summed E-state index contributed by atoms with van der Waals surface area (Å²) in [6.07, 6.45) is 0.470. The minimum atomic E-state index is 0.470. The molecule has 1 aromatic carbocycles. The summed E-state index contributed by atoms with van der Waals surface area (Å²) in [6.45, 7) is 0. The SMILES string of the molecule is N#CCc1sc2ccc(Br)cc2c1Br. The van der Waals surface area contributed by atoms with Gasteiger partial charge in [-0.1, -0.05) is 15.9 Å². The van der Waals surface area contributed by atoms with E-state index in [4.69, 9.17) is 5.26 Å². The molecule has 0 radical (unpaired) electrons. The number of nitriles is 1. The van der Waals surface area contributed by atoms with E-state index < -0.39 is 0 Å². The predicted molar refractivity (Wildman–Crippen MR) is 66.5 cm³/mol. The van der Waals surface area contributed by atoms with Crippen molar-refractivity contribution < 1.29 is 0 Å². The maximum Gasteiger partial charge on any atom is 0.0707 e. The Bertz CT molecular complexity index is 525. The molecular formula is C10H5Br2NS. The Morgan fingerprint density at radius 1 is 1.36 bits per heavy atom. The Morgan fingerprint density at radius 2 is 2.14 bits per heavy atom. The third kappa shape index (κ3) is 1.72. The first-order valence-electron chi connectivity index (χ1n) is 3.95. The van der Waals surface area contributed by atoms with Gasteiger partial charge in [-0.25, -0.2) is 0 Å². The molecule has 0 aliphatic heterocycles. The normalized spacial score (nSPS) is 10.4. The molecule has 0 atom stereocenters. The van der Waals surface area contributed by atoms with Crippen LogP contribution in [0.15, 0.2) is 27.1 Å². The fourth-order valence-electron chi connectivity index (χ4n) is 1.28. The van der Waals surface area contributed by atoms with E-state index in [-0.39, 0.29) is 0 Å². The highest BCUT2D eigenvalue weighted by atomic mass is 79.9. The van der Waals surface area contributed by atoms with E-state index >= 15 is 0 Å². The first-order valence-corrected chi connectivity index (χ1v) is 6.36. The summed E-state index contributed by atoms with van der Waals surface area (Å²) in [5.74, 6) is 0. The van der Waals surface area contributed by atoms with Crippen molar-refractivity contribution in [2.75, 3.05) is 0 Å². The molecule has 0 saturated heterocycles. The molecule has 0 aliphatic carbocycles. The summed E-state index contributed by atoms with van der Waals surface area (Å²) < 4.78 is 3.33. The average Bonchev–Trinajstić information content (AvgIpc) is 2.46. The second-order valence-electron chi connectivity index (χ2n) is 2.81. The van der Waals surface area contributed by atoms with Gasteiger partial charge in [-0.05, 0) is 34.1 Å². The van der Waals surface area contributed by atoms with Crippen LogP contribution in [0, 0.1) is 11.3 Å². The van der Waals surface area contributed by atoms with Crippen molar-refractivity contribution in [3.8, 4) is 6.07 Å². The van der Waals surface area contributed by atoms with Crippen LogP contribution in [0.2, 0.25) is 0 Å². The van der Waals surface area contributed by atoms with Gasteiger partial charge in [0.2, 0.25) is 0 Å². The van der Waals surface area contributed by atoms with Gasteiger partial charge in [0.15, 0.2) is 0 Å². The molecule has 4 heteroatoms. The fourth-order valence-corrected chi connectivity index (χ4v) is 3.49. The van der Waals surface area contributed by atoms with Crippen LogP contribution in [-0.2, 0) is 6.42 Å². The van der Waals surface area contributed by atoms with Gasteiger partial charge in [0.05, 0.1) is 12.5 Å². The summed E-state index contributed by atoms with van der Waals surface area (Å²) in [4.78, 5) is 1.10. The van der Waals surface area contributed by atoms with Crippen LogP contribution in [0.25, 0.3) is 10.1 Å². The van der Waals surface area contributed by atoms with E-state index in [1.807, 2.05) is 6.07 Å². The molecule has 1 heterocycles. The maximum absolute atomic E-state index is 8.65. The number of fused-ring (bicyclic) bond motifs is 1. The highest BCUT2D eigenvalue weighted by molar-refractivity contribution is 9.11. The minimum Gasteiger partial charge on any atom is -0.198 e. The molecule has 0 amide bonds. The molecular weight excluding hydrogens is 326 g/mol. The van der Waals surface area contributed by atoms with Gasteiger partial charge < -0.3 is 0 Å². The number of nitrogens with zero attached hydrogens (tertiary/aromatic N) is 1. The quantitative estimate of drug-likeness (QED) is 0.755. The molecule has 0 unspecified atom stereocenters. The van der Waals surface area contributed by atoms with Crippen LogP contribution in [0.4, 0.5) is 0 Å². The number of rotatable bonds is 1. The Kier molecular flexibility index (Phi) is 2.91. The number of benzene rings is 1. The lowest BCUT2D eigenvalue weighted by molar-refractivity contribution is 1.31. The second kappa shape index (κ2) is 4.01. The van der Waals surface area contributed by atoms with Crippen molar-refractivity contribution >= 4 is 53.3 Å². The average molecular weight is 331 g/mol. The van der Waals surface area contributed by atoms with E-state index in [0.717, 1.165) is 13.8 Å². The lowest BCUT2D eigenvalue weighted by Gasteiger charge is -1.91. The first kappa shape index (κ1) is 10.2. The largest absolute Gasteiger partial charge is 0.198 e. The summed E-state index contributed by atoms with van der Waals surface area (Å²) in [7, 11) is 0. The highest BCUT2D eigenvalue weighted by Gasteiger charge is 2.09. The summed E-state index contributed by atoms with van der Waals surface area (Å²) in [5.41, 5.74) is 0. The van der Waals surface area contributed by atoms with Gasteiger partial charge >= 0.3 is 0 Å². The summed E-state index contributed by atoms with van der Waals surface area (Å²) in [6, 6.07) is 8.32. The third-order valence-electron chi connectivity index (χ3n) is 1.90. The van der Waals surface area contributed by atoms with Gasteiger partial charge in [0.25, 0.3) is 0 Å². The van der Waals surface area contributed by atoms with E-state index in [1.54, 1.807) is 11.3 Å². The summed E-state index contributed by atoms with van der Waals surface area (Å²) in [5, 5.41) is 9.83. The molecule has 0 fully saturated rings. The van der Waals surface area contributed by atoms with Crippen LogP contribution < -0.4 is 0 Å². The second-order valence-corrected chi connectivity index (χ2v) is 5.66. The zero-order chi connectivity index (χ0) is 10.1. The van der Waals surface area contributed by atoms with Gasteiger partial charge in [-0.15, -0.1) is 11.3 Å². The lowest BCUT2D eigenvalue weighted by atomic mass is 10.2. The van der Waals surface area contributed by atoms with Gasteiger partial charge in [0.1, 0.15) is 0 Å². The molecule has 1 aromatic heterocycles. The Hall–Kier alpha value is -0.370. The Balaban J connectivity index is 2.69. The van der Waals surface area contributed by atoms with Gasteiger partial charge in [-0.3, -0.25) is 0 Å². The van der Waals surface area contributed by atoms with Crippen LogP contribution in [0.1, 0.15) is 4.88 Å².